The SMILES string of the molecule is CC(CNC(=O)CNC(=O)c1ccccc1)C(=O)O. The third-order valence-electron chi connectivity index (χ3n) is 2.47. The van der Waals surface area contributed by atoms with E-state index in [-0.39, 0.29) is 19.0 Å². The molecular weight excluding hydrogens is 248 g/mol. The first kappa shape index (κ1) is 14.7. The molecule has 2 amide bonds. The van der Waals surface area contributed by atoms with E-state index in [1.165, 1.54) is 6.92 Å². The Labute approximate surface area is 110 Å². The number of hydrogen-bond donors (Lipinski definition) is 3. The van der Waals surface area contributed by atoms with Gasteiger partial charge in [0.2, 0.25) is 5.91 Å². The Hall–Kier alpha value is -2.37. The normalized spacial score (nSPS) is 11.4. The van der Waals surface area contributed by atoms with E-state index in [9.17, 15) is 14.4 Å². The van der Waals surface area contributed by atoms with Crippen LogP contribution >= 0.6 is 0 Å². The molecular formula is C13H16N2O4. The predicted molar refractivity (Wildman–Crippen MR) is 68.6 cm³/mol. The number of carboxylic acid groups (broad SMARTS) is 1. The van der Waals surface area contributed by atoms with E-state index >= 15 is 0 Å². The van der Waals surface area contributed by atoms with Crippen LogP contribution in [0.25, 0.3) is 0 Å². The molecule has 6 nitrogen and oxygen atoms in total. The molecule has 1 aromatic rings. The lowest BCUT2D eigenvalue weighted by molar-refractivity contribution is -0.141. The van der Waals surface area contributed by atoms with Crippen LogP contribution in [-0.2, 0) is 9.59 Å². The van der Waals surface area contributed by atoms with Crippen LogP contribution in [0.5, 0.6) is 0 Å². The number of carbonyl (C=O) groups is 3. The van der Waals surface area contributed by atoms with Crippen molar-refractivity contribution in [2.45, 2.75) is 6.92 Å². The van der Waals surface area contributed by atoms with Gasteiger partial charge in [-0.05, 0) is 12.1 Å². The summed E-state index contributed by atoms with van der Waals surface area (Å²) >= 11 is 0. The second-order valence-electron chi connectivity index (χ2n) is 4.09. The highest BCUT2D eigenvalue weighted by molar-refractivity contribution is 5.96. The largest absolute Gasteiger partial charge is 0.481 e. The number of amides is 2. The van der Waals surface area contributed by atoms with Crippen molar-refractivity contribution in [3.05, 3.63) is 35.9 Å². The van der Waals surface area contributed by atoms with Gasteiger partial charge in [0.15, 0.2) is 0 Å². The lowest BCUT2D eigenvalue weighted by atomic mass is 10.2. The fraction of sp³-hybridized carbons (Fsp3) is 0.308. The van der Waals surface area contributed by atoms with Crippen LogP contribution in [0, 0.1) is 5.92 Å². The Morgan fingerprint density at radius 3 is 2.37 bits per heavy atom. The molecule has 6 heteroatoms. The molecule has 102 valence electrons. The monoisotopic (exact) mass is 264 g/mol. The van der Waals surface area contributed by atoms with E-state index in [1.807, 2.05) is 0 Å². The molecule has 1 aromatic carbocycles. The minimum absolute atomic E-state index is 0.0371. The zero-order valence-corrected chi connectivity index (χ0v) is 10.6. The molecule has 0 aromatic heterocycles. The molecule has 0 radical (unpaired) electrons. The molecule has 0 fully saturated rings. The predicted octanol–water partition coefficient (Wildman–Crippen LogP) is 0.253. The smallest absolute Gasteiger partial charge is 0.308 e. The van der Waals surface area contributed by atoms with Crippen LogP contribution in [0.2, 0.25) is 0 Å². The van der Waals surface area contributed by atoms with Gasteiger partial charge in [-0.25, -0.2) is 0 Å². The molecule has 0 aliphatic carbocycles. The van der Waals surface area contributed by atoms with E-state index in [2.05, 4.69) is 10.6 Å². The van der Waals surface area contributed by atoms with Crippen molar-refractivity contribution in [3.63, 3.8) is 0 Å². The van der Waals surface area contributed by atoms with Crippen LogP contribution < -0.4 is 10.6 Å². The second kappa shape index (κ2) is 7.15. The van der Waals surface area contributed by atoms with Crippen molar-refractivity contribution in [1.29, 1.82) is 0 Å². The Morgan fingerprint density at radius 1 is 1.16 bits per heavy atom. The molecule has 0 heterocycles. The van der Waals surface area contributed by atoms with Gasteiger partial charge in [-0.1, -0.05) is 25.1 Å². The average Bonchev–Trinajstić information content (AvgIpc) is 2.42. The van der Waals surface area contributed by atoms with Crippen molar-refractivity contribution in [2.24, 2.45) is 5.92 Å². The van der Waals surface area contributed by atoms with Gasteiger partial charge in [0.1, 0.15) is 0 Å². The first-order chi connectivity index (χ1) is 9.00. The van der Waals surface area contributed by atoms with Crippen LogP contribution in [0.3, 0.4) is 0 Å². The Kier molecular flexibility index (Phi) is 5.53. The number of aliphatic carboxylic acids is 1. The van der Waals surface area contributed by atoms with Crippen LogP contribution in [-0.4, -0.2) is 36.0 Å². The number of rotatable bonds is 6. The minimum atomic E-state index is -0.978. The lowest BCUT2D eigenvalue weighted by Gasteiger charge is -2.09. The number of benzene rings is 1. The number of carboxylic acids is 1. The van der Waals surface area contributed by atoms with Crippen molar-refractivity contribution >= 4 is 17.8 Å². The van der Waals surface area contributed by atoms with Crippen molar-refractivity contribution in [3.8, 4) is 0 Å². The van der Waals surface area contributed by atoms with Gasteiger partial charge < -0.3 is 15.7 Å². The maximum absolute atomic E-state index is 11.6. The summed E-state index contributed by atoms with van der Waals surface area (Å²) < 4.78 is 0. The Morgan fingerprint density at radius 2 is 1.79 bits per heavy atom. The molecule has 19 heavy (non-hydrogen) atoms. The van der Waals surface area contributed by atoms with E-state index in [0.717, 1.165) is 0 Å². The van der Waals surface area contributed by atoms with Gasteiger partial charge in [-0.15, -0.1) is 0 Å². The summed E-state index contributed by atoms with van der Waals surface area (Å²) in [5.74, 6) is -2.40. The number of nitrogens with one attached hydrogen (secondary N) is 2. The maximum atomic E-state index is 11.6. The molecule has 0 spiro atoms. The summed E-state index contributed by atoms with van der Waals surface area (Å²) in [4.78, 5) is 33.5. The van der Waals surface area contributed by atoms with Crippen LogP contribution in [0.1, 0.15) is 17.3 Å². The summed E-state index contributed by atoms with van der Waals surface area (Å²) in [5.41, 5.74) is 0.467. The van der Waals surface area contributed by atoms with Crippen LogP contribution in [0.4, 0.5) is 0 Å². The minimum Gasteiger partial charge on any atom is -0.481 e. The molecule has 1 rings (SSSR count). The fourth-order valence-electron chi connectivity index (χ4n) is 1.27. The zero-order chi connectivity index (χ0) is 14.3. The maximum Gasteiger partial charge on any atom is 0.308 e. The third-order valence-corrected chi connectivity index (χ3v) is 2.47. The van der Waals surface area contributed by atoms with Crippen molar-refractivity contribution in [2.75, 3.05) is 13.1 Å². The third kappa shape index (κ3) is 5.20. The van der Waals surface area contributed by atoms with Gasteiger partial charge in [0.05, 0.1) is 12.5 Å². The summed E-state index contributed by atoms with van der Waals surface area (Å²) in [6.07, 6.45) is 0. The standard InChI is InChI=1S/C13H16N2O4/c1-9(13(18)19)7-14-11(16)8-15-12(17)10-5-3-2-4-6-10/h2-6,9H,7-8H2,1H3,(H,14,16)(H,15,17)(H,18,19). The molecule has 0 aliphatic rings. The fourth-order valence-corrected chi connectivity index (χ4v) is 1.27. The Bertz CT molecular complexity index is 459. The second-order valence-corrected chi connectivity index (χ2v) is 4.09. The summed E-state index contributed by atoms with van der Waals surface area (Å²) in [5, 5.41) is 13.5. The molecule has 3 N–H and O–H groups in total. The number of carbonyl (C=O) groups excluding carboxylic acids is 2. The first-order valence-corrected chi connectivity index (χ1v) is 5.83. The lowest BCUT2D eigenvalue weighted by Crippen LogP contribution is -2.39. The highest BCUT2D eigenvalue weighted by atomic mass is 16.4. The first-order valence-electron chi connectivity index (χ1n) is 5.83. The molecule has 0 bridgehead atoms. The molecule has 0 aliphatic heterocycles. The van der Waals surface area contributed by atoms with Gasteiger partial charge in [-0.2, -0.15) is 0 Å². The molecule has 1 atom stereocenters. The highest BCUT2D eigenvalue weighted by Gasteiger charge is 2.12. The van der Waals surface area contributed by atoms with E-state index in [1.54, 1.807) is 30.3 Å². The van der Waals surface area contributed by atoms with Crippen molar-refractivity contribution in [1.82, 2.24) is 10.6 Å². The molecule has 0 saturated carbocycles. The zero-order valence-electron chi connectivity index (χ0n) is 10.6. The summed E-state index contributed by atoms with van der Waals surface area (Å²) in [6.45, 7) is 1.35. The van der Waals surface area contributed by atoms with Gasteiger partial charge >= 0.3 is 5.97 Å². The Balaban J connectivity index is 2.31. The topological polar surface area (TPSA) is 95.5 Å². The van der Waals surface area contributed by atoms with Crippen molar-refractivity contribution < 1.29 is 19.5 Å². The van der Waals surface area contributed by atoms with E-state index < -0.39 is 17.8 Å². The average molecular weight is 264 g/mol. The quantitative estimate of drug-likeness (QED) is 0.686. The van der Waals surface area contributed by atoms with E-state index in [4.69, 9.17) is 5.11 Å². The summed E-state index contributed by atoms with van der Waals surface area (Å²) in [7, 11) is 0. The molecule has 0 saturated heterocycles. The number of hydrogen-bond acceptors (Lipinski definition) is 3. The van der Waals surface area contributed by atoms with Gasteiger partial charge in [-0.3, -0.25) is 14.4 Å². The molecule has 1 unspecified atom stereocenters. The van der Waals surface area contributed by atoms with Crippen LogP contribution in [0.15, 0.2) is 30.3 Å². The summed E-state index contributed by atoms with van der Waals surface area (Å²) in [6, 6.07) is 8.52. The van der Waals surface area contributed by atoms with Gasteiger partial charge in [0.25, 0.3) is 5.91 Å². The van der Waals surface area contributed by atoms with Gasteiger partial charge in [0, 0.05) is 12.1 Å². The van der Waals surface area contributed by atoms with E-state index in [0.29, 0.717) is 5.56 Å². The highest BCUT2D eigenvalue weighted by Crippen LogP contribution is 1.97.